The molecule has 0 bridgehead atoms. The number of benzene rings is 2. The minimum atomic E-state index is -4.41. The van der Waals surface area contributed by atoms with Gasteiger partial charge in [-0.05, 0) is 18.6 Å². The second kappa shape index (κ2) is 17.0. The number of unbranched alkanes of at least 4 members (excludes halogenated alkanes) is 9. The maximum atomic E-state index is 9.22. The molecule has 0 atom stereocenters. The van der Waals surface area contributed by atoms with Crippen molar-refractivity contribution >= 4 is 10.4 Å². The van der Waals surface area contributed by atoms with Gasteiger partial charge in [0.05, 0.1) is 26.3 Å². The number of rotatable bonds is 15. The highest BCUT2D eigenvalue weighted by molar-refractivity contribution is 7.80. The minimum absolute atomic E-state index is 0.764. The van der Waals surface area contributed by atoms with E-state index in [4.69, 9.17) is 4.74 Å². The monoisotopic (exact) mass is 544 g/mol. The van der Waals surface area contributed by atoms with E-state index >= 15 is 0 Å². The van der Waals surface area contributed by atoms with Crippen LogP contribution in [0.5, 0.6) is 5.75 Å². The van der Waals surface area contributed by atoms with E-state index in [2.05, 4.69) is 95.2 Å². The summed E-state index contributed by atoms with van der Waals surface area (Å²) in [6.07, 6.45) is 13.4. The van der Waals surface area contributed by atoms with Crippen molar-refractivity contribution in [3.63, 3.8) is 0 Å². The highest BCUT2D eigenvalue weighted by atomic mass is 32.3. The average molecular weight is 545 g/mol. The average Bonchev–Trinajstić information content (AvgIpc) is 3.17. The Morgan fingerprint density at radius 2 is 1.24 bits per heavy atom. The third kappa shape index (κ3) is 10.6. The molecule has 0 N–H and O–H groups in total. The van der Waals surface area contributed by atoms with E-state index in [1.807, 2.05) is 0 Å². The molecule has 1 aromatic heterocycles. The van der Waals surface area contributed by atoms with Gasteiger partial charge in [0.15, 0.2) is 12.7 Å². The van der Waals surface area contributed by atoms with E-state index in [0.717, 1.165) is 37.3 Å². The zero-order chi connectivity index (χ0) is 27.8. The van der Waals surface area contributed by atoms with Crippen molar-refractivity contribution in [3.05, 3.63) is 60.7 Å². The van der Waals surface area contributed by atoms with Gasteiger partial charge in [0, 0.05) is 5.56 Å². The molecule has 210 valence electrons. The topological polar surface area (TPSA) is 84.5 Å². The van der Waals surface area contributed by atoms with Crippen LogP contribution in [0.4, 0.5) is 0 Å². The molecule has 0 spiro atoms. The van der Waals surface area contributed by atoms with Crippen molar-refractivity contribution in [2.45, 2.75) is 71.1 Å². The van der Waals surface area contributed by atoms with Crippen LogP contribution in [-0.4, -0.2) is 31.4 Å². The van der Waals surface area contributed by atoms with E-state index in [9.17, 15) is 13.0 Å². The molecule has 0 saturated heterocycles. The predicted octanol–water partition coefficient (Wildman–Crippen LogP) is 6.58. The lowest BCUT2D eigenvalue weighted by atomic mass is 10.1. The number of nitrogens with zero attached hydrogens (tertiary/aromatic N) is 2. The molecule has 0 fully saturated rings. The Bertz CT molecular complexity index is 1100. The summed E-state index contributed by atoms with van der Waals surface area (Å²) in [4.78, 5) is 0. The Morgan fingerprint density at radius 1 is 0.789 bits per heavy atom. The first-order valence-corrected chi connectivity index (χ1v) is 15.0. The molecule has 8 heteroatoms. The Balaban J connectivity index is 0.000000757. The Morgan fingerprint density at radius 3 is 1.71 bits per heavy atom. The third-order valence-corrected chi connectivity index (χ3v) is 6.98. The second-order valence-electron chi connectivity index (χ2n) is 9.41. The summed E-state index contributed by atoms with van der Waals surface area (Å²) in [5.41, 5.74) is 4.65. The zero-order valence-corrected chi connectivity index (χ0v) is 24.2. The SMILES string of the molecule is CCCCCCCCCCCCOc1c(-c2ccccc2)n(C)[n+](C)c1-c1ccccc1.COS(=O)(=O)[O-]. The van der Waals surface area contributed by atoms with E-state index in [1.54, 1.807) is 0 Å². The summed E-state index contributed by atoms with van der Waals surface area (Å²) < 4.78 is 41.9. The molecule has 3 rings (SSSR count). The minimum Gasteiger partial charge on any atom is -0.726 e. The standard InChI is InChI=1S/C29H41N2O.CH4O4S/c1-4-5-6-7-8-9-10-11-12-19-24-32-29-27(25-20-15-13-16-21-25)30(2)31(3)28(29)26-22-17-14-18-23-26;1-5-6(2,3)4/h13-18,20-23H,4-12,19,24H2,1-3H3;1H3,(H,2,3,4)/q+1;/p-1. The summed E-state index contributed by atoms with van der Waals surface area (Å²) in [6.45, 7) is 3.04. The normalized spacial score (nSPS) is 11.2. The lowest BCUT2D eigenvalue weighted by Gasteiger charge is -2.08. The molecule has 0 unspecified atom stereocenters. The van der Waals surface area contributed by atoms with Gasteiger partial charge in [0.25, 0.3) is 5.69 Å². The van der Waals surface area contributed by atoms with Gasteiger partial charge in [-0.15, -0.1) is 4.68 Å². The molecule has 3 aromatic rings. The Hall–Kier alpha value is -2.68. The summed E-state index contributed by atoms with van der Waals surface area (Å²) in [5.74, 6) is 0.989. The van der Waals surface area contributed by atoms with Gasteiger partial charge in [0.1, 0.15) is 0 Å². The molecule has 7 nitrogen and oxygen atoms in total. The predicted molar refractivity (Wildman–Crippen MR) is 152 cm³/mol. The molecular weight excluding hydrogens is 500 g/mol. The molecule has 0 aliphatic heterocycles. The Labute approximate surface area is 229 Å². The molecule has 2 aromatic carbocycles. The largest absolute Gasteiger partial charge is 0.726 e. The van der Waals surface area contributed by atoms with Crippen LogP contribution in [-0.2, 0) is 28.7 Å². The fourth-order valence-electron chi connectivity index (χ4n) is 4.43. The van der Waals surface area contributed by atoms with Gasteiger partial charge in [-0.3, -0.25) is 4.18 Å². The van der Waals surface area contributed by atoms with E-state index < -0.39 is 10.4 Å². The highest BCUT2D eigenvalue weighted by Gasteiger charge is 2.30. The van der Waals surface area contributed by atoms with Crippen molar-refractivity contribution in [2.24, 2.45) is 14.1 Å². The van der Waals surface area contributed by atoms with Crippen LogP contribution in [0.2, 0.25) is 0 Å². The van der Waals surface area contributed by atoms with Gasteiger partial charge >= 0.3 is 0 Å². The summed E-state index contributed by atoms with van der Waals surface area (Å²) in [5, 5.41) is 0. The summed E-state index contributed by atoms with van der Waals surface area (Å²) >= 11 is 0. The van der Waals surface area contributed by atoms with Crippen molar-refractivity contribution in [2.75, 3.05) is 13.7 Å². The van der Waals surface area contributed by atoms with Crippen LogP contribution >= 0.6 is 0 Å². The quantitative estimate of drug-likeness (QED) is 0.0934. The van der Waals surface area contributed by atoms with Gasteiger partial charge in [0.2, 0.25) is 16.1 Å². The lowest BCUT2D eigenvalue weighted by Crippen LogP contribution is -2.39. The number of aromatic nitrogens is 2. The maximum absolute atomic E-state index is 9.22. The van der Waals surface area contributed by atoms with Crippen molar-refractivity contribution in [3.8, 4) is 28.3 Å². The number of hydrogen-bond acceptors (Lipinski definition) is 5. The third-order valence-electron chi connectivity index (χ3n) is 6.57. The van der Waals surface area contributed by atoms with Crippen molar-refractivity contribution in [1.29, 1.82) is 0 Å². The van der Waals surface area contributed by atoms with Crippen LogP contribution in [0.15, 0.2) is 60.7 Å². The first kappa shape index (κ1) is 31.5. The second-order valence-corrected chi connectivity index (χ2v) is 10.6. The molecular formula is C30H44N2O5S. The fraction of sp³-hybridized carbons (Fsp3) is 0.500. The summed E-state index contributed by atoms with van der Waals surface area (Å²) in [6, 6.07) is 21.2. The zero-order valence-electron chi connectivity index (χ0n) is 23.4. The molecule has 0 aliphatic rings. The van der Waals surface area contributed by atoms with E-state index in [1.165, 1.54) is 68.9 Å². The van der Waals surface area contributed by atoms with Crippen molar-refractivity contribution < 1.29 is 26.6 Å². The Kier molecular flexibility index (Phi) is 14.1. The fourth-order valence-corrected chi connectivity index (χ4v) is 4.43. The smallest absolute Gasteiger partial charge is 0.280 e. The first-order valence-electron chi connectivity index (χ1n) is 13.6. The molecule has 0 radical (unpaired) electrons. The summed E-state index contributed by atoms with van der Waals surface area (Å²) in [7, 11) is 0.622. The van der Waals surface area contributed by atoms with Gasteiger partial charge in [-0.25, -0.2) is 8.42 Å². The van der Waals surface area contributed by atoms with E-state index in [0.29, 0.717) is 0 Å². The van der Waals surface area contributed by atoms with Crippen LogP contribution in [0, 0.1) is 0 Å². The number of ether oxygens (including phenoxy) is 1. The molecule has 0 aliphatic carbocycles. The van der Waals surface area contributed by atoms with Gasteiger partial charge in [-0.2, -0.15) is 4.68 Å². The van der Waals surface area contributed by atoms with Crippen LogP contribution < -0.4 is 9.42 Å². The van der Waals surface area contributed by atoms with Crippen LogP contribution in [0.1, 0.15) is 71.1 Å². The maximum Gasteiger partial charge on any atom is 0.280 e. The van der Waals surface area contributed by atoms with Gasteiger partial charge in [-0.1, -0.05) is 113 Å². The highest BCUT2D eigenvalue weighted by Crippen LogP contribution is 2.37. The molecule has 38 heavy (non-hydrogen) atoms. The van der Waals surface area contributed by atoms with Crippen LogP contribution in [0.25, 0.3) is 22.5 Å². The molecule has 0 amide bonds. The molecule has 0 saturated carbocycles. The molecule has 1 heterocycles. The van der Waals surface area contributed by atoms with Crippen molar-refractivity contribution in [1.82, 2.24) is 4.68 Å². The number of hydrogen-bond donors (Lipinski definition) is 0. The van der Waals surface area contributed by atoms with Gasteiger partial charge < -0.3 is 9.29 Å². The lowest BCUT2D eigenvalue weighted by molar-refractivity contribution is -0.740. The van der Waals surface area contributed by atoms with E-state index in [-0.39, 0.29) is 0 Å². The first-order chi connectivity index (χ1) is 18.3. The van der Waals surface area contributed by atoms with Crippen LogP contribution in [0.3, 0.4) is 0 Å².